The van der Waals surface area contributed by atoms with Crippen LogP contribution in [0.5, 0.6) is 0 Å². The van der Waals surface area contributed by atoms with E-state index in [2.05, 4.69) is 29.4 Å². The summed E-state index contributed by atoms with van der Waals surface area (Å²) >= 11 is 1.90. The van der Waals surface area contributed by atoms with Crippen LogP contribution in [0.3, 0.4) is 0 Å². The van der Waals surface area contributed by atoms with E-state index in [0.717, 1.165) is 53.3 Å². The fraction of sp³-hybridized carbons (Fsp3) is 0.273. The number of hydrogen-bond donors (Lipinski definition) is 1. The molecule has 1 amide bonds. The molecule has 1 fully saturated rings. The third-order valence-electron chi connectivity index (χ3n) is 4.96. The highest BCUT2D eigenvalue weighted by atomic mass is 32.2. The fourth-order valence-electron chi connectivity index (χ4n) is 3.46. The number of aromatic nitrogens is 1. The summed E-state index contributed by atoms with van der Waals surface area (Å²) in [5, 5.41) is 4.54. The minimum Gasteiger partial charge on any atom is -0.354 e. The number of hydrogen-bond acceptors (Lipinski definition) is 4. The van der Waals surface area contributed by atoms with E-state index in [4.69, 9.17) is 0 Å². The van der Waals surface area contributed by atoms with Gasteiger partial charge in [-0.05, 0) is 24.1 Å². The summed E-state index contributed by atoms with van der Waals surface area (Å²) in [6.45, 7) is 3.73. The normalized spacial score (nSPS) is 14.3. The highest BCUT2D eigenvalue weighted by Gasteiger charge is 2.23. The van der Waals surface area contributed by atoms with Gasteiger partial charge in [-0.15, -0.1) is 0 Å². The molecule has 1 aliphatic rings. The number of pyridine rings is 1. The summed E-state index contributed by atoms with van der Waals surface area (Å²) < 4.78 is 0. The summed E-state index contributed by atoms with van der Waals surface area (Å²) in [6.07, 6.45) is 2.65. The number of thioether (sulfide) groups is 1. The Kier molecular flexibility index (Phi) is 5.30. The van der Waals surface area contributed by atoms with Crippen molar-refractivity contribution in [3.05, 3.63) is 65.9 Å². The van der Waals surface area contributed by atoms with Crippen LogP contribution >= 0.6 is 11.8 Å². The molecule has 0 radical (unpaired) electrons. The van der Waals surface area contributed by atoms with Crippen LogP contribution in [0.4, 0.5) is 11.4 Å². The molecule has 1 N–H and O–H groups in total. The van der Waals surface area contributed by atoms with E-state index in [1.54, 1.807) is 6.20 Å². The first-order chi connectivity index (χ1) is 13.3. The molecule has 27 heavy (non-hydrogen) atoms. The molecule has 1 aromatic heterocycles. The van der Waals surface area contributed by atoms with E-state index in [1.165, 1.54) is 5.56 Å². The number of benzene rings is 2. The van der Waals surface area contributed by atoms with Gasteiger partial charge in [-0.2, -0.15) is 11.8 Å². The van der Waals surface area contributed by atoms with Crippen molar-refractivity contribution in [2.24, 2.45) is 0 Å². The van der Waals surface area contributed by atoms with Crippen molar-refractivity contribution >= 4 is 39.9 Å². The molecule has 0 spiro atoms. The van der Waals surface area contributed by atoms with Gasteiger partial charge in [0, 0.05) is 41.9 Å². The Hall–Kier alpha value is -2.53. The molecule has 138 valence electrons. The van der Waals surface area contributed by atoms with Crippen molar-refractivity contribution in [2.45, 2.75) is 13.3 Å². The van der Waals surface area contributed by atoms with Gasteiger partial charge < -0.3 is 10.2 Å². The Bertz CT molecular complexity index is 967. The lowest BCUT2D eigenvalue weighted by Gasteiger charge is -2.27. The van der Waals surface area contributed by atoms with E-state index >= 15 is 0 Å². The zero-order chi connectivity index (χ0) is 18.6. The summed E-state index contributed by atoms with van der Waals surface area (Å²) in [7, 11) is 0. The predicted octanol–water partition coefficient (Wildman–Crippen LogP) is 4.73. The molecule has 0 unspecified atom stereocenters. The zero-order valence-electron chi connectivity index (χ0n) is 15.4. The molecule has 2 aromatic carbocycles. The molecule has 1 saturated heterocycles. The van der Waals surface area contributed by atoms with Crippen LogP contribution in [-0.2, 0) is 6.42 Å². The molecule has 4 nitrogen and oxygen atoms in total. The predicted molar refractivity (Wildman–Crippen MR) is 114 cm³/mol. The second-order valence-corrected chi connectivity index (χ2v) is 7.83. The second kappa shape index (κ2) is 8.01. The summed E-state index contributed by atoms with van der Waals surface area (Å²) in [4.78, 5) is 19.7. The van der Waals surface area contributed by atoms with Crippen LogP contribution in [0.1, 0.15) is 22.8 Å². The third-order valence-corrected chi connectivity index (χ3v) is 5.90. The maximum atomic E-state index is 13.2. The van der Waals surface area contributed by atoms with E-state index < -0.39 is 0 Å². The van der Waals surface area contributed by atoms with E-state index in [-0.39, 0.29) is 5.91 Å². The van der Waals surface area contributed by atoms with Gasteiger partial charge in [0.25, 0.3) is 5.91 Å². The first-order valence-corrected chi connectivity index (χ1v) is 10.5. The van der Waals surface area contributed by atoms with Gasteiger partial charge in [0.15, 0.2) is 0 Å². The highest BCUT2D eigenvalue weighted by Crippen LogP contribution is 2.31. The number of fused-ring (bicyclic) bond motifs is 1. The highest BCUT2D eigenvalue weighted by molar-refractivity contribution is 7.99. The SMILES string of the molecule is CCc1ccccc1Nc1c(C(=O)N2CCSCC2)cnc2ccccc12. The van der Waals surface area contributed by atoms with Crippen molar-refractivity contribution in [1.82, 2.24) is 9.88 Å². The van der Waals surface area contributed by atoms with Gasteiger partial charge in [-0.1, -0.05) is 43.3 Å². The lowest BCUT2D eigenvalue weighted by atomic mass is 10.1. The first kappa shape index (κ1) is 17.9. The number of carbonyl (C=O) groups is 1. The Morgan fingerprint density at radius 3 is 2.67 bits per heavy atom. The lowest BCUT2D eigenvalue weighted by Crippen LogP contribution is -2.38. The molecule has 0 saturated carbocycles. The Morgan fingerprint density at radius 1 is 1.11 bits per heavy atom. The van der Waals surface area contributed by atoms with Crippen molar-refractivity contribution < 1.29 is 4.79 Å². The minimum atomic E-state index is 0.0602. The molecule has 1 aliphatic heterocycles. The van der Waals surface area contributed by atoms with E-state index in [1.807, 2.05) is 53.1 Å². The number of para-hydroxylation sites is 2. The molecular formula is C22H23N3OS. The smallest absolute Gasteiger partial charge is 0.257 e. The van der Waals surface area contributed by atoms with Gasteiger partial charge >= 0.3 is 0 Å². The summed E-state index contributed by atoms with van der Waals surface area (Å²) in [6, 6.07) is 16.2. The molecule has 2 heterocycles. The molecule has 3 aromatic rings. The topological polar surface area (TPSA) is 45.2 Å². The van der Waals surface area contributed by atoms with Crippen LogP contribution in [0.25, 0.3) is 10.9 Å². The summed E-state index contributed by atoms with van der Waals surface area (Å²) in [5.41, 5.74) is 4.65. The Morgan fingerprint density at radius 2 is 1.85 bits per heavy atom. The van der Waals surface area contributed by atoms with Crippen molar-refractivity contribution in [3.63, 3.8) is 0 Å². The first-order valence-electron chi connectivity index (χ1n) is 9.37. The number of nitrogens with zero attached hydrogens (tertiary/aromatic N) is 2. The zero-order valence-corrected chi connectivity index (χ0v) is 16.3. The molecular weight excluding hydrogens is 354 g/mol. The van der Waals surface area contributed by atoms with Crippen molar-refractivity contribution in [2.75, 3.05) is 29.9 Å². The molecule has 5 heteroatoms. The van der Waals surface area contributed by atoms with Crippen LogP contribution in [0.15, 0.2) is 54.7 Å². The quantitative estimate of drug-likeness (QED) is 0.714. The number of rotatable bonds is 4. The van der Waals surface area contributed by atoms with Crippen LogP contribution in [0, 0.1) is 0 Å². The third kappa shape index (κ3) is 3.65. The van der Waals surface area contributed by atoms with Crippen LogP contribution in [0.2, 0.25) is 0 Å². The van der Waals surface area contributed by atoms with E-state index in [0.29, 0.717) is 5.56 Å². The number of nitrogens with one attached hydrogen (secondary N) is 1. The number of anilines is 2. The number of aryl methyl sites for hydroxylation is 1. The lowest BCUT2D eigenvalue weighted by molar-refractivity contribution is 0.0773. The molecule has 0 bridgehead atoms. The Labute approximate surface area is 164 Å². The summed E-state index contributed by atoms with van der Waals surface area (Å²) in [5.74, 6) is 2.05. The molecule has 4 rings (SSSR count). The maximum absolute atomic E-state index is 13.2. The Balaban J connectivity index is 1.81. The van der Waals surface area contributed by atoms with Gasteiger partial charge in [-0.3, -0.25) is 9.78 Å². The van der Waals surface area contributed by atoms with Gasteiger partial charge in [0.1, 0.15) is 0 Å². The molecule has 0 aliphatic carbocycles. The van der Waals surface area contributed by atoms with Crippen LogP contribution < -0.4 is 5.32 Å². The largest absolute Gasteiger partial charge is 0.354 e. The fourth-order valence-corrected chi connectivity index (χ4v) is 4.36. The van der Waals surface area contributed by atoms with Gasteiger partial charge in [0.2, 0.25) is 0 Å². The van der Waals surface area contributed by atoms with E-state index in [9.17, 15) is 4.79 Å². The standard InChI is InChI=1S/C22H23N3OS/c1-2-16-7-3-5-9-19(16)24-21-17-8-4-6-10-20(17)23-15-18(21)22(26)25-11-13-27-14-12-25/h3-10,15H,2,11-14H2,1H3,(H,23,24). The van der Waals surface area contributed by atoms with Gasteiger partial charge in [-0.25, -0.2) is 0 Å². The average Bonchev–Trinajstić information content (AvgIpc) is 2.74. The van der Waals surface area contributed by atoms with Gasteiger partial charge in [0.05, 0.1) is 16.8 Å². The number of carbonyl (C=O) groups excluding carboxylic acids is 1. The average molecular weight is 378 g/mol. The van der Waals surface area contributed by atoms with Crippen LogP contribution in [-0.4, -0.2) is 40.4 Å². The maximum Gasteiger partial charge on any atom is 0.257 e. The minimum absolute atomic E-state index is 0.0602. The monoisotopic (exact) mass is 377 g/mol. The van der Waals surface area contributed by atoms with Crippen molar-refractivity contribution in [1.29, 1.82) is 0 Å². The number of amides is 1. The second-order valence-electron chi connectivity index (χ2n) is 6.60. The van der Waals surface area contributed by atoms with Crippen molar-refractivity contribution in [3.8, 4) is 0 Å². The molecule has 0 atom stereocenters.